The zero-order valence-corrected chi connectivity index (χ0v) is 15.7. The maximum atomic E-state index is 12.5. The third-order valence-corrected chi connectivity index (χ3v) is 5.23. The van der Waals surface area contributed by atoms with Gasteiger partial charge < -0.3 is 10.5 Å². The molecule has 0 unspecified atom stereocenters. The lowest BCUT2D eigenvalue weighted by Gasteiger charge is -2.09. The molecule has 1 heterocycles. The Labute approximate surface area is 160 Å². The third kappa shape index (κ3) is 3.66. The standard InChI is InChI=1S/C19H15Cl2NO2S/c1-2-24-19(23)16-15(11-3-7-13(20)8-4-11)17(25-18(16)22)12-5-9-14(21)10-6-12/h3-10H,2,22H2,1H3. The minimum absolute atomic E-state index is 0.282. The lowest BCUT2D eigenvalue weighted by atomic mass is 9.98. The summed E-state index contributed by atoms with van der Waals surface area (Å²) in [6.07, 6.45) is 0. The average molecular weight is 392 g/mol. The first-order chi connectivity index (χ1) is 12.0. The number of hydrogen-bond donors (Lipinski definition) is 1. The highest BCUT2D eigenvalue weighted by Crippen LogP contribution is 2.45. The normalized spacial score (nSPS) is 10.7. The zero-order chi connectivity index (χ0) is 18.0. The molecule has 0 bridgehead atoms. The summed E-state index contributed by atoms with van der Waals surface area (Å²) < 4.78 is 5.20. The predicted molar refractivity (Wildman–Crippen MR) is 106 cm³/mol. The van der Waals surface area contributed by atoms with E-state index in [2.05, 4.69) is 0 Å². The molecule has 3 rings (SSSR count). The fraction of sp³-hybridized carbons (Fsp3) is 0.105. The molecule has 0 saturated carbocycles. The number of nitrogens with two attached hydrogens (primary N) is 1. The summed E-state index contributed by atoms with van der Waals surface area (Å²) in [4.78, 5) is 13.4. The Balaban J connectivity index is 2.24. The maximum Gasteiger partial charge on any atom is 0.341 e. The Morgan fingerprint density at radius 2 is 1.52 bits per heavy atom. The van der Waals surface area contributed by atoms with Crippen molar-refractivity contribution >= 4 is 45.5 Å². The molecule has 0 radical (unpaired) electrons. The number of rotatable bonds is 4. The van der Waals surface area contributed by atoms with Gasteiger partial charge >= 0.3 is 5.97 Å². The lowest BCUT2D eigenvalue weighted by Crippen LogP contribution is -2.07. The van der Waals surface area contributed by atoms with Crippen molar-refractivity contribution in [3.63, 3.8) is 0 Å². The number of benzene rings is 2. The number of hydrogen-bond acceptors (Lipinski definition) is 4. The van der Waals surface area contributed by atoms with Crippen LogP contribution in [0.4, 0.5) is 5.00 Å². The van der Waals surface area contributed by atoms with Crippen LogP contribution in [0.3, 0.4) is 0 Å². The maximum absolute atomic E-state index is 12.5. The molecular formula is C19H15Cl2NO2S. The molecule has 3 nitrogen and oxygen atoms in total. The number of anilines is 1. The van der Waals surface area contributed by atoms with E-state index in [9.17, 15) is 4.79 Å². The van der Waals surface area contributed by atoms with Crippen molar-refractivity contribution in [3.8, 4) is 21.6 Å². The molecule has 3 aromatic rings. The van der Waals surface area contributed by atoms with Crippen molar-refractivity contribution in [2.75, 3.05) is 12.3 Å². The molecule has 0 aliphatic carbocycles. The van der Waals surface area contributed by atoms with E-state index in [-0.39, 0.29) is 6.61 Å². The predicted octanol–water partition coefficient (Wildman–Crippen LogP) is 6.15. The Morgan fingerprint density at radius 3 is 2.04 bits per heavy atom. The summed E-state index contributed by atoms with van der Waals surface area (Å²) in [7, 11) is 0. The van der Waals surface area contributed by atoms with Crippen LogP contribution in [0, 0.1) is 0 Å². The number of ether oxygens (including phenoxy) is 1. The molecule has 0 aliphatic heterocycles. The molecule has 128 valence electrons. The molecular weight excluding hydrogens is 377 g/mol. The number of carbonyl (C=O) groups is 1. The number of esters is 1. The van der Waals surface area contributed by atoms with Gasteiger partial charge in [-0.3, -0.25) is 0 Å². The topological polar surface area (TPSA) is 52.3 Å². The molecule has 25 heavy (non-hydrogen) atoms. The summed E-state index contributed by atoms with van der Waals surface area (Å²) in [5.41, 5.74) is 9.10. The molecule has 6 heteroatoms. The Morgan fingerprint density at radius 1 is 1.00 bits per heavy atom. The van der Waals surface area contributed by atoms with Gasteiger partial charge in [0.15, 0.2) is 0 Å². The van der Waals surface area contributed by atoms with Crippen LogP contribution in [-0.4, -0.2) is 12.6 Å². The molecule has 2 aromatic carbocycles. The molecule has 0 saturated heterocycles. The summed E-state index contributed by atoms with van der Waals surface area (Å²) in [5.74, 6) is -0.429. The second-order valence-corrected chi connectivity index (χ2v) is 7.20. The van der Waals surface area contributed by atoms with E-state index >= 15 is 0 Å². The smallest absolute Gasteiger partial charge is 0.341 e. The van der Waals surface area contributed by atoms with E-state index in [1.54, 1.807) is 19.1 Å². The Bertz CT molecular complexity index is 902. The number of carbonyl (C=O) groups excluding carboxylic acids is 1. The quantitative estimate of drug-likeness (QED) is 0.542. The first-order valence-electron chi connectivity index (χ1n) is 7.62. The summed E-state index contributed by atoms with van der Waals surface area (Å²) in [5, 5.41) is 1.69. The van der Waals surface area contributed by atoms with Crippen molar-refractivity contribution in [2.45, 2.75) is 6.92 Å². The van der Waals surface area contributed by atoms with Gasteiger partial charge in [0.25, 0.3) is 0 Å². The van der Waals surface area contributed by atoms with Crippen molar-refractivity contribution < 1.29 is 9.53 Å². The molecule has 0 spiro atoms. The monoisotopic (exact) mass is 391 g/mol. The molecule has 0 amide bonds. The van der Waals surface area contributed by atoms with Crippen molar-refractivity contribution in [1.82, 2.24) is 0 Å². The van der Waals surface area contributed by atoms with Gasteiger partial charge in [0, 0.05) is 20.5 Å². The number of halogens is 2. The van der Waals surface area contributed by atoms with Crippen LogP contribution in [0.15, 0.2) is 48.5 Å². The molecule has 0 fully saturated rings. The van der Waals surface area contributed by atoms with E-state index in [0.29, 0.717) is 20.6 Å². The fourth-order valence-corrected chi connectivity index (χ4v) is 3.89. The van der Waals surface area contributed by atoms with Gasteiger partial charge in [0.1, 0.15) is 10.6 Å². The van der Waals surface area contributed by atoms with Gasteiger partial charge in [0.05, 0.1) is 6.61 Å². The second-order valence-electron chi connectivity index (χ2n) is 5.28. The highest BCUT2D eigenvalue weighted by Gasteiger charge is 2.25. The Hall–Kier alpha value is -2.01. The van der Waals surface area contributed by atoms with Gasteiger partial charge in [-0.2, -0.15) is 0 Å². The zero-order valence-electron chi connectivity index (χ0n) is 13.4. The van der Waals surface area contributed by atoms with Crippen LogP contribution in [-0.2, 0) is 4.74 Å². The van der Waals surface area contributed by atoms with Gasteiger partial charge in [-0.05, 0) is 42.3 Å². The summed E-state index contributed by atoms with van der Waals surface area (Å²) in [6, 6.07) is 14.7. The summed E-state index contributed by atoms with van der Waals surface area (Å²) in [6.45, 7) is 2.05. The molecule has 2 N–H and O–H groups in total. The first kappa shape index (κ1) is 17.8. The van der Waals surface area contributed by atoms with Crippen molar-refractivity contribution in [1.29, 1.82) is 0 Å². The number of thiophene rings is 1. The molecule has 0 aliphatic rings. The number of nitrogen functional groups attached to an aromatic ring is 1. The van der Waals surface area contributed by atoms with Crippen LogP contribution in [0.25, 0.3) is 21.6 Å². The highest BCUT2D eigenvalue weighted by atomic mass is 35.5. The van der Waals surface area contributed by atoms with Crippen LogP contribution in [0.2, 0.25) is 10.0 Å². The van der Waals surface area contributed by atoms with Gasteiger partial charge in [-0.1, -0.05) is 47.5 Å². The fourth-order valence-electron chi connectivity index (χ4n) is 2.55. The van der Waals surface area contributed by atoms with Gasteiger partial charge in [-0.15, -0.1) is 11.3 Å². The van der Waals surface area contributed by atoms with E-state index < -0.39 is 5.97 Å². The van der Waals surface area contributed by atoms with Crippen molar-refractivity contribution in [3.05, 3.63) is 64.1 Å². The van der Waals surface area contributed by atoms with E-state index in [1.165, 1.54) is 11.3 Å². The first-order valence-corrected chi connectivity index (χ1v) is 9.19. The Kier molecular flexibility index (Phi) is 5.33. The van der Waals surface area contributed by atoms with E-state index in [4.69, 9.17) is 33.7 Å². The SMILES string of the molecule is CCOC(=O)c1c(N)sc(-c2ccc(Cl)cc2)c1-c1ccc(Cl)cc1. The third-order valence-electron chi connectivity index (χ3n) is 3.65. The van der Waals surface area contributed by atoms with E-state index in [1.807, 2.05) is 36.4 Å². The average Bonchev–Trinajstić information content (AvgIpc) is 2.94. The van der Waals surface area contributed by atoms with Crippen LogP contribution >= 0.6 is 34.5 Å². The van der Waals surface area contributed by atoms with Gasteiger partial charge in [-0.25, -0.2) is 4.79 Å². The summed E-state index contributed by atoms with van der Waals surface area (Å²) >= 11 is 13.3. The van der Waals surface area contributed by atoms with Crippen LogP contribution in [0.5, 0.6) is 0 Å². The van der Waals surface area contributed by atoms with Gasteiger partial charge in [0.2, 0.25) is 0 Å². The highest BCUT2D eigenvalue weighted by molar-refractivity contribution is 7.20. The van der Waals surface area contributed by atoms with E-state index in [0.717, 1.165) is 21.6 Å². The largest absolute Gasteiger partial charge is 0.462 e. The molecule has 0 atom stereocenters. The van der Waals surface area contributed by atoms with Crippen LogP contribution < -0.4 is 5.73 Å². The second kappa shape index (κ2) is 7.48. The van der Waals surface area contributed by atoms with Crippen LogP contribution in [0.1, 0.15) is 17.3 Å². The minimum atomic E-state index is -0.429. The van der Waals surface area contributed by atoms with Crippen molar-refractivity contribution in [2.24, 2.45) is 0 Å². The molecule has 1 aromatic heterocycles. The minimum Gasteiger partial charge on any atom is -0.462 e. The lowest BCUT2D eigenvalue weighted by molar-refractivity contribution is 0.0529.